The van der Waals surface area contributed by atoms with Crippen LogP contribution >= 0.6 is 0 Å². The van der Waals surface area contributed by atoms with Crippen LogP contribution in [0.15, 0.2) is 24.3 Å². The van der Waals surface area contributed by atoms with Crippen LogP contribution in [0.2, 0.25) is 0 Å². The van der Waals surface area contributed by atoms with E-state index < -0.39 is 5.60 Å². The summed E-state index contributed by atoms with van der Waals surface area (Å²) in [6.07, 6.45) is 0.472. The van der Waals surface area contributed by atoms with E-state index >= 15 is 0 Å². The van der Waals surface area contributed by atoms with Crippen LogP contribution in [-0.4, -0.2) is 17.7 Å². The fraction of sp³-hybridized carbons (Fsp3) is 0.632. The van der Waals surface area contributed by atoms with Gasteiger partial charge in [-0.2, -0.15) is 0 Å². The van der Waals surface area contributed by atoms with Crippen LogP contribution in [0.4, 0.5) is 4.79 Å². The number of hydrogen-bond acceptors (Lipinski definition) is 2. The van der Waals surface area contributed by atoms with Crippen LogP contribution in [0.3, 0.4) is 0 Å². The van der Waals surface area contributed by atoms with Gasteiger partial charge in [0.1, 0.15) is 5.60 Å². The average molecular weight is 305 g/mol. The molecule has 1 rings (SSSR count). The van der Waals surface area contributed by atoms with Crippen molar-refractivity contribution in [3.05, 3.63) is 35.4 Å². The molecule has 0 aliphatic heterocycles. The molecule has 124 valence electrons. The zero-order chi connectivity index (χ0) is 16.9. The molecule has 0 saturated heterocycles. The maximum Gasteiger partial charge on any atom is 0.407 e. The minimum atomic E-state index is -0.468. The lowest BCUT2D eigenvalue weighted by atomic mass is 9.94. The molecule has 0 bridgehead atoms. The van der Waals surface area contributed by atoms with Gasteiger partial charge in [-0.05, 0) is 50.2 Å². The Morgan fingerprint density at radius 1 is 1.09 bits per heavy atom. The number of nitrogens with one attached hydrogen (secondary N) is 1. The van der Waals surface area contributed by atoms with Gasteiger partial charge in [0, 0.05) is 6.04 Å². The summed E-state index contributed by atoms with van der Waals surface area (Å²) in [5.74, 6) is 0.882. The Bertz CT molecular complexity index is 469. The number of ether oxygens (including phenoxy) is 1. The second kappa shape index (κ2) is 7.66. The van der Waals surface area contributed by atoms with Crippen LogP contribution in [0.1, 0.15) is 65.5 Å². The minimum absolute atomic E-state index is 0.0692. The smallest absolute Gasteiger partial charge is 0.407 e. The highest BCUT2D eigenvalue weighted by Crippen LogP contribution is 2.17. The third kappa shape index (κ3) is 6.50. The standard InChI is InChI=1S/C19H31NO2/c1-13(2)16-10-8-15(9-11-16)12-17(14(3)4)20-18(21)22-19(5,6)7/h8-11,13-14,17H,12H2,1-7H3,(H,20,21). The van der Waals surface area contributed by atoms with Crippen molar-refractivity contribution in [2.75, 3.05) is 0 Å². The molecule has 1 N–H and O–H groups in total. The molecule has 3 heteroatoms. The van der Waals surface area contributed by atoms with Crippen molar-refractivity contribution in [1.29, 1.82) is 0 Å². The quantitative estimate of drug-likeness (QED) is 0.840. The lowest BCUT2D eigenvalue weighted by molar-refractivity contribution is 0.0490. The van der Waals surface area contributed by atoms with Crippen molar-refractivity contribution < 1.29 is 9.53 Å². The Morgan fingerprint density at radius 3 is 2.05 bits per heavy atom. The average Bonchev–Trinajstić information content (AvgIpc) is 2.36. The Kier molecular flexibility index (Phi) is 6.46. The summed E-state index contributed by atoms with van der Waals surface area (Å²) in [6, 6.07) is 8.72. The van der Waals surface area contributed by atoms with Crippen LogP contribution in [-0.2, 0) is 11.2 Å². The van der Waals surface area contributed by atoms with Crippen molar-refractivity contribution in [2.45, 2.75) is 72.4 Å². The van der Waals surface area contributed by atoms with Crippen molar-refractivity contribution in [1.82, 2.24) is 5.32 Å². The molecule has 1 aromatic carbocycles. The van der Waals surface area contributed by atoms with Crippen LogP contribution in [0.5, 0.6) is 0 Å². The molecule has 3 nitrogen and oxygen atoms in total. The summed E-state index contributed by atoms with van der Waals surface area (Å²) in [7, 11) is 0. The van der Waals surface area contributed by atoms with E-state index in [1.54, 1.807) is 0 Å². The van der Waals surface area contributed by atoms with E-state index in [1.165, 1.54) is 11.1 Å². The number of benzene rings is 1. The van der Waals surface area contributed by atoms with Crippen LogP contribution < -0.4 is 5.32 Å². The topological polar surface area (TPSA) is 38.3 Å². The zero-order valence-electron chi connectivity index (χ0n) is 15.1. The van der Waals surface area contributed by atoms with Crippen molar-refractivity contribution in [3.63, 3.8) is 0 Å². The first-order valence-electron chi connectivity index (χ1n) is 8.17. The summed E-state index contributed by atoms with van der Waals surface area (Å²) in [4.78, 5) is 12.0. The monoisotopic (exact) mass is 305 g/mol. The third-order valence-corrected chi connectivity index (χ3v) is 3.61. The van der Waals surface area contributed by atoms with Gasteiger partial charge in [-0.15, -0.1) is 0 Å². The first kappa shape index (κ1) is 18.5. The predicted octanol–water partition coefficient (Wildman–Crippen LogP) is 4.90. The molecule has 22 heavy (non-hydrogen) atoms. The summed E-state index contributed by atoms with van der Waals surface area (Å²) in [5, 5.41) is 3.00. The minimum Gasteiger partial charge on any atom is -0.444 e. The molecule has 0 aromatic heterocycles. The van der Waals surface area contributed by atoms with E-state index in [2.05, 4.69) is 57.3 Å². The van der Waals surface area contributed by atoms with Crippen molar-refractivity contribution in [3.8, 4) is 0 Å². The van der Waals surface area contributed by atoms with E-state index in [0.29, 0.717) is 11.8 Å². The number of amides is 1. The molecular formula is C19H31NO2. The first-order chi connectivity index (χ1) is 10.1. The maximum absolute atomic E-state index is 12.0. The van der Waals surface area contributed by atoms with Crippen molar-refractivity contribution in [2.24, 2.45) is 5.92 Å². The first-order valence-corrected chi connectivity index (χ1v) is 8.17. The SMILES string of the molecule is CC(C)c1ccc(CC(NC(=O)OC(C)(C)C)C(C)C)cc1. The van der Waals surface area contributed by atoms with Gasteiger partial charge in [-0.3, -0.25) is 0 Å². The number of rotatable bonds is 5. The van der Waals surface area contributed by atoms with Gasteiger partial charge in [0.2, 0.25) is 0 Å². The van der Waals surface area contributed by atoms with E-state index in [-0.39, 0.29) is 12.1 Å². The van der Waals surface area contributed by atoms with E-state index in [4.69, 9.17) is 4.74 Å². The molecule has 0 spiro atoms. The lowest BCUT2D eigenvalue weighted by Gasteiger charge is -2.26. The van der Waals surface area contributed by atoms with Gasteiger partial charge in [0.25, 0.3) is 0 Å². The van der Waals surface area contributed by atoms with Gasteiger partial charge in [0.05, 0.1) is 0 Å². The molecule has 0 aliphatic carbocycles. The molecule has 0 aliphatic rings. The Balaban J connectivity index is 2.70. The maximum atomic E-state index is 12.0. The number of hydrogen-bond donors (Lipinski definition) is 1. The van der Waals surface area contributed by atoms with Gasteiger partial charge in [-0.25, -0.2) is 4.79 Å². The predicted molar refractivity (Wildman–Crippen MR) is 92.2 cm³/mol. The Hall–Kier alpha value is -1.51. The van der Waals surface area contributed by atoms with Crippen LogP contribution in [0.25, 0.3) is 0 Å². The lowest BCUT2D eigenvalue weighted by Crippen LogP contribution is -2.43. The molecule has 0 heterocycles. The molecule has 1 unspecified atom stereocenters. The largest absolute Gasteiger partial charge is 0.444 e. The van der Waals surface area contributed by atoms with Gasteiger partial charge in [-0.1, -0.05) is 52.0 Å². The van der Waals surface area contributed by atoms with Crippen molar-refractivity contribution >= 4 is 6.09 Å². The number of alkyl carbamates (subject to hydrolysis) is 1. The Labute approximate surface area is 135 Å². The normalized spacial score (nSPS) is 13.3. The van der Waals surface area contributed by atoms with E-state index in [1.807, 2.05) is 20.8 Å². The van der Waals surface area contributed by atoms with Gasteiger partial charge in [0.15, 0.2) is 0 Å². The highest BCUT2D eigenvalue weighted by molar-refractivity contribution is 5.68. The van der Waals surface area contributed by atoms with Gasteiger partial charge < -0.3 is 10.1 Å². The summed E-state index contributed by atoms with van der Waals surface area (Å²) in [5.41, 5.74) is 2.11. The fourth-order valence-corrected chi connectivity index (χ4v) is 2.20. The molecule has 1 amide bonds. The molecule has 0 radical (unpaired) electrons. The Morgan fingerprint density at radius 2 is 1.64 bits per heavy atom. The zero-order valence-corrected chi connectivity index (χ0v) is 15.1. The highest BCUT2D eigenvalue weighted by Gasteiger charge is 2.21. The van der Waals surface area contributed by atoms with E-state index in [0.717, 1.165) is 6.42 Å². The second-order valence-electron chi connectivity index (χ2n) is 7.60. The molecule has 1 atom stereocenters. The summed E-state index contributed by atoms with van der Waals surface area (Å²) < 4.78 is 5.36. The summed E-state index contributed by atoms with van der Waals surface area (Å²) >= 11 is 0. The molecular weight excluding hydrogens is 274 g/mol. The highest BCUT2D eigenvalue weighted by atomic mass is 16.6. The number of carbonyl (C=O) groups excluding carboxylic acids is 1. The summed E-state index contributed by atoms with van der Waals surface area (Å²) in [6.45, 7) is 14.2. The third-order valence-electron chi connectivity index (χ3n) is 3.61. The number of carbonyl (C=O) groups is 1. The molecule has 1 aromatic rings. The molecule has 0 saturated carbocycles. The van der Waals surface area contributed by atoms with E-state index in [9.17, 15) is 4.79 Å². The second-order valence-corrected chi connectivity index (χ2v) is 7.60. The van der Waals surface area contributed by atoms with Gasteiger partial charge >= 0.3 is 6.09 Å². The van der Waals surface area contributed by atoms with Crippen LogP contribution in [0, 0.1) is 5.92 Å². The fourth-order valence-electron chi connectivity index (χ4n) is 2.20. The molecule has 0 fully saturated rings.